The fourth-order valence-corrected chi connectivity index (χ4v) is 1.20. The molecule has 0 radical (unpaired) electrons. The minimum atomic E-state index is -0.582. The van der Waals surface area contributed by atoms with Crippen molar-refractivity contribution in [3.63, 3.8) is 0 Å². The van der Waals surface area contributed by atoms with Crippen LogP contribution >= 0.6 is 0 Å². The van der Waals surface area contributed by atoms with Gasteiger partial charge in [-0.2, -0.15) is 0 Å². The summed E-state index contributed by atoms with van der Waals surface area (Å²) < 4.78 is 18.3. The van der Waals surface area contributed by atoms with E-state index in [4.69, 9.17) is 4.74 Å². The van der Waals surface area contributed by atoms with Gasteiger partial charge in [0.15, 0.2) is 0 Å². The summed E-state index contributed by atoms with van der Waals surface area (Å²) in [5, 5.41) is 5.47. The molecule has 0 aliphatic heterocycles. The van der Waals surface area contributed by atoms with E-state index in [-0.39, 0.29) is 5.56 Å². The number of hydrogen-bond acceptors (Lipinski definition) is 3. The van der Waals surface area contributed by atoms with Gasteiger partial charge in [-0.1, -0.05) is 0 Å². The van der Waals surface area contributed by atoms with Crippen molar-refractivity contribution in [3.05, 3.63) is 29.6 Å². The van der Waals surface area contributed by atoms with Crippen LogP contribution in [0, 0.1) is 5.82 Å². The second-order valence-electron chi connectivity index (χ2n) is 3.21. The SMILES string of the molecule is CNCCNC(=O)c1ccc(OC)cc1F. The topological polar surface area (TPSA) is 50.4 Å². The number of hydrogen-bond donors (Lipinski definition) is 2. The maximum atomic E-state index is 13.4. The molecule has 1 aromatic rings. The number of benzene rings is 1. The molecule has 1 aromatic carbocycles. The number of rotatable bonds is 5. The normalized spacial score (nSPS) is 9.94. The van der Waals surface area contributed by atoms with Crippen LogP contribution in [0.3, 0.4) is 0 Å². The lowest BCUT2D eigenvalue weighted by Gasteiger charge is -2.06. The molecule has 0 saturated heterocycles. The van der Waals surface area contributed by atoms with Gasteiger partial charge in [0.2, 0.25) is 0 Å². The van der Waals surface area contributed by atoms with E-state index in [1.807, 2.05) is 0 Å². The third-order valence-electron chi connectivity index (χ3n) is 2.08. The lowest BCUT2D eigenvalue weighted by atomic mass is 10.2. The molecule has 0 unspecified atom stereocenters. The highest BCUT2D eigenvalue weighted by atomic mass is 19.1. The fourth-order valence-electron chi connectivity index (χ4n) is 1.20. The highest BCUT2D eigenvalue weighted by Crippen LogP contribution is 2.15. The Morgan fingerprint density at radius 3 is 2.75 bits per heavy atom. The standard InChI is InChI=1S/C11H15FN2O2/c1-13-5-6-14-11(15)9-4-3-8(16-2)7-10(9)12/h3-4,7,13H,5-6H2,1-2H3,(H,14,15). The van der Waals surface area contributed by atoms with Crippen molar-refractivity contribution < 1.29 is 13.9 Å². The molecule has 0 aliphatic rings. The predicted molar refractivity (Wildman–Crippen MR) is 59.2 cm³/mol. The molecule has 1 rings (SSSR count). The molecule has 0 bridgehead atoms. The second kappa shape index (κ2) is 6.07. The van der Waals surface area contributed by atoms with Crippen molar-refractivity contribution in [3.8, 4) is 5.75 Å². The number of nitrogens with one attached hydrogen (secondary N) is 2. The third-order valence-corrected chi connectivity index (χ3v) is 2.08. The van der Waals surface area contributed by atoms with E-state index >= 15 is 0 Å². The van der Waals surface area contributed by atoms with Crippen LogP contribution in [0.4, 0.5) is 4.39 Å². The zero-order chi connectivity index (χ0) is 12.0. The van der Waals surface area contributed by atoms with Gasteiger partial charge < -0.3 is 15.4 Å². The van der Waals surface area contributed by atoms with E-state index in [2.05, 4.69) is 10.6 Å². The van der Waals surface area contributed by atoms with Crippen LogP contribution in [0.5, 0.6) is 5.75 Å². The molecule has 0 atom stereocenters. The minimum Gasteiger partial charge on any atom is -0.497 e. The molecule has 0 heterocycles. The molecule has 0 aliphatic carbocycles. The molecule has 0 saturated carbocycles. The molecule has 16 heavy (non-hydrogen) atoms. The molecular formula is C11H15FN2O2. The number of amides is 1. The van der Waals surface area contributed by atoms with E-state index in [1.54, 1.807) is 13.1 Å². The third kappa shape index (κ3) is 3.20. The number of carbonyl (C=O) groups is 1. The Morgan fingerprint density at radius 2 is 2.19 bits per heavy atom. The predicted octanol–water partition coefficient (Wildman–Crippen LogP) is 0.783. The molecule has 0 fully saturated rings. The summed E-state index contributed by atoms with van der Waals surface area (Å²) in [6.45, 7) is 1.10. The Hall–Kier alpha value is -1.62. The maximum Gasteiger partial charge on any atom is 0.254 e. The minimum absolute atomic E-state index is 0.0249. The summed E-state index contributed by atoms with van der Waals surface area (Å²) in [6, 6.07) is 4.14. The number of halogens is 1. The first-order valence-corrected chi connectivity index (χ1v) is 4.95. The van der Waals surface area contributed by atoms with Gasteiger partial charge in [0.05, 0.1) is 12.7 Å². The van der Waals surface area contributed by atoms with E-state index in [1.165, 1.54) is 19.2 Å². The van der Waals surface area contributed by atoms with Crippen LogP contribution < -0.4 is 15.4 Å². The summed E-state index contributed by atoms with van der Waals surface area (Å²) in [7, 11) is 3.22. The van der Waals surface area contributed by atoms with E-state index in [0.29, 0.717) is 18.8 Å². The van der Waals surface area contributed by atoms with E-state index < -0.39 is 11.7 Å². The highest BCUT2D eigenvalue weighted by molar-refractivity contribution is 5.94. The van der Waals surface area contributed by atoms with Gasteiger partial charge in [0.25, 0.3) is 5.91 Å². The largest absolute Gasteiger partial charge is 0.497 e. The van der Waals surface area contributed by atoms with Crippen LogP contribution in [-0.4, -0.2) is 33.2 Å². The van der Waals surface area contributed by atoms with Crippen molar-refractivity contribution in [2.24, 2.45) is 0 Å². The molecule has 2 N–H and O–H groups in total. The summed E-state index contributed by atoms with van der Waals surface area (Å²) in [5.74, 6) is -0.610. The van der Waals surface area contributed by atoms with Crippen LogP contribution in [-0.2, 0) is 0 Å². The van der Waals surface area contributed by atoms with E-state index in [0.717, 1.165) is 0 Å². The quantitative estimate of drug-likeness (QED) is 0.730. The van der Waals surface area contributed by atoms with Gasteiger partial charge in [0.1, 0.15) is 11.6 Å². The molecular weight excluding hydrogens is 211 g/mol. The highest BCUT2D eigenvalue weighted by Gasteiger charge is 2.11. The monoisotopic (exact) mass is 226 g/mol. The second-order valence-corrected chi connectivity index (χ2v) is 3.21. The molecule has 0 aromatic heterocycles. The molecule has 1 amide bonds. The number of methoxy groups -OCH3 is 1. The summed E-state index contributed by atoms with van der Waals surface area (Å²) in [6.07, 6.45) is 0. The molecule has 5 heteroatoms. The first kappa shape index (κ1) is 12.4. The average molecular weight is 226 g/mol. The van der Waals surface area contributed by atoms with Gasteiger partial charge in [-0.3, -0.25) is 4.79 Å². The van der Waals surface area contributed by atoms with Crippen molar-refractivity contribution in [2.45, 2.75) is 0 Å². The summed E-state index contributed by atoms with van der Waals surface area (Å²) >= 11 is 0. The lowest BCUT2D eigenvalue weighted by molar-refractivity contribution is 0.0950. The van der Waals surface area contributed by atoms with Crippen molar-refractivity contribution in [2.75, 3.05) is 27.2 Å². The van der Waals surface area contributed by atoms with Crippen LogP contribution in [0.1, 0.15) is 10.4 Å². The van der Waals surface area contributed by atoms with Crippen LogP contribution in [0.2, 0.25) is 0 Å². The van der Waals surface area contributed by atoms with Gasteiger partial charge in [-0.05, 0) is 19.2 Å². The van der Waals surface area contributed by atoms with Gasteiger partial charge in [0, 0.05) is 19.2 Å². The Balaban J connectivity index is 2.68. The van der Waals surface area contributed by atoms with Crippen molar-refractivity contribution >= 4 is 5.91 Å². The van der Waals surface area contributed by atoms with Gasteiger partial charge in [-0.15, -0.1) is 0 Å². The van der Waals surface area contributed by atoms with Crippen LogP contribution in [0.25, 0.3) is 0 Å². The number of carbonyl (C=O) groups excluding carboxylic acids is 1. The lowest BCUT2D eigenvalue weighted by Crippen LogP contribution is -2.30. The zero-order valence-corrected chi connectivity index (χ0v) is 9.34. The van der Waals surface area contributed by atoms with E-state index in [9.17, 15) is 9.18 Å². The van der Waals surface area contributed by atoms with Crippen molar-refractivity contribution in [1.29, 1.82) is 0 Å². The first-order valence-electron chi connectivity index (χ1n) is 4.95. The number of ether oxygens (including phenoxy) is 1. The van der Waals surface area contributed by atoms with Gasteiger partial charge in [-0.25, -0.2) is 4.39 Å². The Kier molecular flexibility index (Phi) is 4.72. The Labute approximate surface area is 93.8 Å². The number of likely N-dealkylation sites (N-methyl/N-ethyl adjacent to an activating group) is 1. The average Bonchev–Trinajstić information content (AvgIpc) is 2.29. The van der Waals surface area contributed by atoms with Crippen molar-refractivity contribution in [1.82, 2.24) is 10.6 Å². The first-order chi connectivity index (χ1) is 7.69. The smallest absolute Gasteiger partial charge is 0.254 e. The molecule has 88 valence electrons. The molecule has 0 spiro atoms. The summed E-state index contributed by atoms with van der Waals surface area (Å²) in [5.41, 5.74) is 0.0249. The van der Waals surface area contributed by atoms with Crippen LogP contribution in [0.15, 0.2) is 18.2 Å². The zero-order valence-electron chi connectivity index (χ0n) is 9.34. The molecule has 4 nitrogen and oxygen atoms in total. The maximum absolute atomic E-state index is 13.4. The fraction of sp³-hybridized carbons (Fsp3) is 0.364. The Bertz CT molecular complexity index is 369. The summed E-state index contributed by atoms with van der Waals surface area (Å²) in [4.78, 5) is 11.5. The Morgan fingerprint density at radius 1 is 1.44 bits per heavy atom. The van der Waals surface area contributed by atoms with Gasteiger partial charge >= 0.3 is 0 Å².